The molecule has 0 spiro atoms. The zero-order chi connectivity index (χ0) is 18.2. The first-order valence-electron chi connectivity index (χ1n) is 7.29. The van der Waals surface area contributed by atoms with Gasteiger partial charge >= 0.3 is 7.25 Å². The quantitative estimate of drug-likeness (QED) is 0.319. The van der Waals surface area contributed by atoms with Gasteiger partial charge in [-0.2, -0.15) is 0 Å². The minimum Gasteiger partial charge on any atom is -0.418 e. The molecule has 2 aliphatic carbocycles. The molecule has 24 heavy (non-hydrogen) atoms. The van der Waals surface area contributed by atoms with E-state index in [0.717, 1.165) is 12.5 Å². The van der Waals surface area contributed by atoms with Crippen LogP contribution in [0.15, 0.2) is 0 Å². The van der Waals surface area contributed by atoms with Gasteiger partial charge in [-0.1, -0.05) is 34.6 Å². The smallest absolute Gasteiger partial charge is 0.418 e. The first-order chi connectivity index (χ1) is 10.5. The molecule has 0 heterocycles. The van der Waals surface area contributed by atoms with Crippen LogP contribution in [0, 0.1) is 61.4 Å². The fourth-order valence-corrected chi connectivity index (χ4v) is 2.05. The van der Waals surface area contributed by atoms with E-state index < -0.39 is 7.25 Å². The first kappa shape index (κ1) is 26.6. The molecule has 11 radical (unpaired) electrons. The molecule has 0 unspecified atom stereocenters. The van der Waals surface area contributed by atoms with Crippen molar-refractivity contribution in [3.05, 3.63) is 61.4 Å². The molecule has 2 aliphatic rings. The van der Waals surface area contributed by atoms with E-state index >= 15 is 0 Å². The maximum atomic E-state index is 9.75. The molecule has 0 N–H and O–H groups in total. The molecule has 0 atom stereocenters. The maximum absolute atomic E-state index is 9.75. The SMILES string of the molecule is CO[C]1[CH][CH][CH][CH]C1.C[C]1[C](C)[C](C)[C](C)[C]1C.F[B-](F)(F)F.[Ir]. The van der Waals surface area contributed by atoms with Crippen molar-refractivity contribution >= 4 is 7.25 Å². The molecule has 0 amide bonds. The number of hydrogen-bond donors (Lipinski definition) is 0. The second kappa shape index (κ2) is 12.7. The van der Waals surface area contributed by atoms with Crippen LogP contribution in [0.4, 0.5) is 17.3 Å². The molecule has 0 bridgehead atoms. The van der Waals surface area contributed by atoms with Crippen molar-refractivity contribution in [1.29, 1.82) is 0 Å². The summed E-state index contributed by atoms with van der Waals surface area (Å²) in [4.78, 5) is 0. The largest absolute Gasteiger partial charge is 0.673 e. The van der Waals surface area contributed by atoms with Gasteiger partial charge in [0, 0.05) is 33.6 Å². The summed E-state index contributed by atoms with van der Waals surface area (Å²) in [6.07, 6.45) is 10.0. The Balaban J connectivity index is 0. The van der Waals surface area contributed by atoms with Crippen molar-refractivity contribution in [2.75, 3.05) is 7.11 Å². The first-order valence-corrected chi connectivity index (χ1v) is 7.29. The van der Waals surface area contributed by atoms with Crippen LogP contribution in [-0.2, 0) is 24.8 Å². The number of halogens is 4. The predicted molar refractivity (Wildman–Crippen MR) is 86.8 cm³/mol. The van der Waals surface area contributed by atoms with Crippen molar-refractivity contribution in [2.45, 2.75) is 41.0 Å². The second-order valence-electron chi connectivity index (χ2n) is 5.28. The molecule has 0 aromatic rings. The third-order valence-electron chi connectivity index (χ3n) is 3.92. The molecule has 0 aromatic heterocycles. The van der Waals surface area contributed by atoms with E-state index in [1.807, 2.05) is 19.3 Å². The fraction of sp³-hybridized carbons (Fsp3) is 0.412. The van der Waals surface area contributed by atoms with Gasteiger partial charge in [0.05, 0.1) is 0 Å². The van der Waals surface area contributed by atoms with Crippen LogP contribution >= 0.6 is 0 Å². The third kappa shape index (κ3) is 11.1. The fourth-order valence-electron chi connectivity index (χ4n) is 2.05. The molecule has 7 heteroatoms. The summed E-state index contributed by atoms with van der Waals surface area (Å²) in [7, 11) is -4.31. The Hall–Kier alpha value is 0.394. The molecule has 2 fully saturated rings. The maximum Gasteiger partial charge on any atom is 0.673 e. The van der Waals surface area contributed by atoms with E-state index in [4.69, 9.17) is 4.74 Å². The van der Waals surface area contributed by atoms with Crippen LogP contribution in [0.25, 0.3) is 0 Å². The Morgan fingerprint density at radius 3 is 1.29 bits per heavy atom. The predicted octanol–water partition coefficient (Wildman–Crippen LogP) is 5.66. The Bertz CT molecular complexity index is 261. The van der Waals surface area contributed by atoms with Gasteiger partial charge in [-0.15, -0.1) is 0 Å². The van der Waals surface area contributed by atoms with Gasteiger partial charge in [-0.3, -0.25) is 0 Å². The van der Waals surface area contributed by atoms with Crippen LogP contribution in [0.2, 0.25) is 0 Å². The number of rotatable bonds is 1. The monoisotopic (exact) mass is 524 g/mol. The van der Waals surface area contributed by atoms with Gasteiger partial charge < -0.3 is 22.0 Å². The van der Waals surface area contributed by atoms with E-state index in [2.05, 4.69) is 41.0 Å². The summed E-state index contributed by atoms with van der Waals surface area (Å²) >= 11 is 0. The van der Waals surface area contributed by atoms with E-state index in [-0.39, 0.29) is 20.1 Å². The van der Waals surface area contributed by atoms with Crippen LogP contribution in [0.1, 0.15) is 41.0 Å². The molecular formula is C17H24BF4IrO-. The standard InChI is InChI=1S/C10H15.C7H9O.BF4.Ir/c1-6-7(2)9(4)10(5)8(6)3;1-8-7-5-3-2-4-6-7;2-1(3,4)5;/h1-5H3;2-5H,6H2,1H3;;/q;;-1;. The number of ether oxygens (including phenoxy) is 1. The molecular weight excluding hydrogens is 499 g/mol. The van der Waals surface area contributed by atoms with Gasteiger partial charge in [0.25, 0.3) is 0 Å². The summed E-state index contributed by atoms with van der Waals surface area (Å²) in [6.45, 7) is 11.0. The van der Waals surface area contributed by atoms with Crippen LogP contribution < -0.4 is 0 Å². The summed E-state index contributed by atoms with van der Waals surface area (Å²) in [5, 5.41) is 0. The van der Waals surface area contributed by atoms with Crippen LogP contribution in [0.5, 0.6) is 0 Å². The van der Waals surface area contributed by atoms with Gasteiger partial charge in [0.15, 0.2) is 0 Å². The van der Waals surface area contributed by atoms with Crippen molar-refractivity contribution in [3.63, 3.8) is 0 Å². The molecule has 0 saturated heterocycles. The Morgan fingerprint density at radius 2 is 1.12 bits per heavy atom. The molecule has 2 rings (SSSR count). The summed E-state index contributed by atoms with van der Waals surface area (Å²) in [5.41, 5.74) is 0. The normalized spacial score (nSPS) is 22.2. The third-order valence-corrected chi connectivity index (χ3v) is 3.92. The Labute approximate surface area is 159 Å². The zero-order valence-corrected chi connectivity index (χ0v) is 17.2. The van der Waals surface area contributed by atoms with Crippen molar-refractivity contribution in [3.8, 4) is 0 Å². The van der Waals surface area contributed by atoms with Crippen LogP contribution in [0.3, 0.4) is 0 Å². The van der Waals surface area contributed by atoms with Crippen molar-refractivity contribution in [2.24, 2.45) is 0 Å². The Morgan fingerprint density at radius 1 is 0.792 bits per heavy atom. The second-order valence-corrected chi connectivity index (χ2v) is 5.28. The topological polar surface area (TPSA) is 9.23 Å². The average Bonchev–Trinajstić information content (AvgIpc) is 2.65. The van der Waals surface area contributed by atoms with Gasteiger partial charge in [0.1, 0.15) is 6.10 Å². The Kier molecular flexibility index (Phi) is 14.1. The minimum atomic E-state index is -6.00. The van der Waals surface area contributed by atoms with Gasteiger partial charge in [-0.25, -0.2) is 0 Å². The molecule has 0 aromatic carbocycles. The van der Waals surface area contributed by atoms with Gasteiger partial charge in [0.2, 0.25) is 0 Å². The van der Waals surface area contributed by atoms with Gasteiger partial charge in [-0.05, 0) is 55.3 Å². The molecule has 2 saturated carbocycles. The average molecular weight is 523 g/mol. The molecule has 139 valence electrons. The van der Waals surface area contributed by atoms with Crippen molar-refractivity contribution in [1.82, 2.24) is 0 Å². The van der Waals surface area contributed by atoms with Crippen LogP contribution in [-0.4, -0.2) is 14.4 Å². The van der Waals surface area contributed by atoms with E-state index in [0.29, 0.717) is 0 Å². The summed E-state index contributed by atoms with van der Waals surface area (Å²) in [5.74, 6) is 7.34. The van der Waals surface area contributed by atoms with E-state index in [9.17, 15) is 17.3 Å². The minimum absolute atomic E-state index is 0. The molecule has 1 nitrogen and oxygen atoms in total. The van der Waals surface area contributed by atoms with E-state index in [1.165, 1.54) is 29.6 Å². The van der Waals surface area contributed by atoms with E-state index in [1.54, 1.807) is 7.11 Å². The summed E-state index contributed by atoms with van der Waals surface area (Å²) in [6, 6.07) is 0. The van der Waals surface area contributed by atoms with Crippen molar-refractivity contribution < 1.29 is 42.1 Å². The number of methoxy groups -OCH3 is 1. The molecule has 0 aliphatic heterocycles. The zero-order valence-electron chi connectivity index (χ0n) is 14.8. The summed E-state index contributed by atoms with van der Waals surface area (Å²) < 4.78 is 44.0. The number of hydrogen-bond acceptors (Lipinski definition) is 1.